The summed E-state index contributed by atoms with van der Waals surface area (Å²) in [5, 5.41) is 3.57. The zero-order valence-corrected chi connectivity index (χ0v) is 12.4. The standard InChI is InChI=1S/C13H20ClN5O/c1-2-20-10-7-9(8-10)15-12-16-11(14)17-13(18-12)19-5-3-4-6-19/h9-10H,2-8H2,1H3,(H,15,16,17,18). The predicted molar refractivity (Wildman–Crippen MR) is 78.3 cm³/mol. The summed E-state index contributed by atoms with van der Waals surface area (Å²) >= 11 is 6.00. The summed E-state index contributed by atoms with van der Waals surface area (Å²) in [7, 11) is 0. The highest BCUT2D eigenvalue weighted by Gasteiger charge is 2.30. The number of nitrogens with one attached hydrogen (secondary N) is 1. The van der Waals surface area contributed by atoms with Crippen molar-refractivity contribution in [3.63, 3.8) is 0 Å². The Kier molecular flexibility index (Phi) is 4.21. The van der Waals surface area contributed by atoms with E-state index in [1.165, 1.54) is 12.8 Å². The number of ether oxygens (including phenoxy) is 1. The second kappa shape index (κ2) is 6.10. The highest BCUT2D eigenvalue weighted by Crippen LogP contribution is 2.26. The van der Waals surface area contributed by atoms with Crippen LogP contribution in [0.1, 0.15) is 32.6 Å². The van der Waals surface area contributed by atoms with Crippen molar-refractivity contribution in [2.75, 3.05) is 29.9 Å². The maximum atomic E-state index is 6.00. The van der Waals surface area contributed by atoms with E-state index >= 15 is 0 Å². The Labute approximate surface area is 123 Å². The molecule has 1 aromatic heterocycles. The van der Waals surface area contributed by atoms with Crippen molar-refractivity contribution in [3.8, 4) is 0 Å². The summed E-state index contributed by atoms with van der Waals surface area (Å²) in [6, 6.07) is 0.372. The van der Waals surface area contributed by atoms with Crippen molar-refractivity contribution < 1.29 is 4.74 Å². The first-order chi connectivity index (χ1) is 9.74. The molecule has 0 atom stereocenters. The lowest BCUT2D eigenvalue weighted by Gasteiger charge is -2.35. The van der Waals surface area contributed by atoms with Gasteiger partial charge in [0.2, 0.25) is 17.2 Å². The van der Waals surface area contributed by atoms with Crippen molar-refractivity contribution in [2.45, 2.75) is 44.8 Å². The van der Waals surface area contributed by atoms with Gasteiger partial charge in [0.05, 0.1) is 6.10 Å². The summed E-state index contributed by atoms with van der Waals surface area (Å²) in [6.07, 6.45) is 4.73. The van der Waals surface area contributed by atoms with Gasteiger partial charge in [-0.05, 0) is 44.2 Å². The first-order valence-corrected chi connectivity index (χ1v) is 7.67. The van der Waals surface area contributed by atoms with Crippen molar-refractivity contribution in [3.05, 3.63) is 5.28 Å². The zero-order valence-electron chi connectivity index (χ0n) is 11.7. The van der Waals surface area contributed by atoms with Gasteiger partial charge in [-0.3, -0.25) is 0 Å². The van der Waals surface area contributed by atoms with Gasteiger partial charge in [0.25, 0.3) is 0 Å². The number of aromatic nitrogens is 3. The van der Waals surface area contributed by atoms with Crippen molar-refractivity contribution in [2.24, 2.45) is 0 Å². The van der Waals surface area contributed by atoms with E-state index in [9.17, 15) is 0 Å². The molecule has 1 aliphatic heterocycles. The van der Waals surface area contributed by atoms with E-state index in [-0.39, 0.29) is 5.28 Å². The van der Waals surface area contributed by atoms with Crippen molar-refractivity contribution >= 4 is 23.5 Å². The molecule has 110 valence electrons. The lowest BCUT2D eigenvalue weighted by atomic mass is 9.89. The van der Waals surface area contributed by atoms with Gasteiger partial charge in [-0.25, -0.2) is 0 Å². The van der Waals surface area contributed by atoms with Gasteiger partial charge < -0.3 is 15.0 Å². The zero-order chi connectivity index (χ0) is 13.9. The van der Waals surface area contributed by atoms with E-state index in [2.05, 4.69) is 25.2 Å². The van der Waals surface area contributed by atoms with Crippen LogP contribution >= 0.6 is 11.6 Å². The fourth-order valence-electron chi connectivity index (χ4n) is 2.70. The van der Waals surface area contributed by atoms with Gasteiger partial charge in [0.1, 0.15) is 0 Å². The van der Waals surface area contributed by atoms with Crippen LogP contribution in [0.25, 0.3) is 0 Å². The van der Waals surface area contributed by atoms with E-state index in [1.54, 1.807) is 0 Å². The van der Waals surface area contributed by atoms with E-state index in [4.69, 9.17) is 16.3 Å². The molecule has 1 N–H and O–H groups in total. The second-order valence-corrected chi connectivity index (χ2v) is 5.65. The molecule has 2 aliphatic rings. The highest BCUT2D eigenvalue weighted by molar-refractivity contribution is 6.28. The fraction of sp³-hybridized carbons (Fsp3) is 0.769. The summed E-state index contributed by atoms with van der Waals surface area (Å²) in [4.78, 5) is 15.0. The molecule has 0 bridgehead atoms. The van der Waals surface area contributed by atoms with Crippen LogP contribution in [0.4, 0.5) is 11.9 Å². The highest BCUT2D eigenvalue weighted by atomic mass is 35.5. The Morgan fingerprint density at radius 2 is 2.00 bits per heavy atom. The van der Waals surface area contributed by atoms with Gasteiger partial charge in [-0.2, -0.15) is 15.0 Å². The number of anilines is 2. The van der Waals surface area contributed by atoms with Crippen LogP contribution in [-0.4, -0.2) is 46.8 Å². The summed E-state index contributed by atoms with van der Waals surface area (Å²) in [6.45, 7) is 4.79. The maximum absolute atomic E-state index is 6.00. The van der Waals surface area contributed by atoms with E-state index < -0.39 is 0 Å². The predicted octanol–water partition coefficient (Wildman–Crippen LogP) is 2.10. The number of rotatable bonds is 5. The molecule has 1 saturated heterocycles. The topological polar surface area (TPSA) is 63.2 Å². The molecular weight excluding hydrogens is 278 g/mol. The molecule has 1 saturated carbocycles. The van der Waals surface area contributed by atoms with Gasteiger partial charge in [-0.15, -0.1) is 0 Å². The van der Waals surface area contributed by atoms with E-state index in [0.717, 1.165) is 32.5 Å². The van der Waals surface area contributed by atoms with Gasteiger partial charge in [0.15, 0.2) is 0 Å². The summed E-state index contributed by atoms with van der Waals surface area (Å²) in [5.41, 5.74) is 0. The quantitative estimate of drug-likeness (QED) is 0.898. The van der Waals surface area contributed by atoms with Crippen LogP contribution in [0.15, 0.2) is 0 Å². The number of nitrogens with zero attached hydrogens (tertiary/aromatic N) is 4. The molecule has 0 unspecified atom stereocenters. The second-order valence-electron chi connectivity index (χ2n) is 5.31. The molecule has 3 rings (SSSR count). The largest absolute Gasteiger partial charge is 0.378 e. The average Bonchev–Trinajstić information content (AvgIpc) is 2.89. The maximum Gasteiger partial charge on any atom is 0.231 e. The van der Waals surface area contributed by atoms with Crippen LogP contribution in [-0.2, 0) is 4.74 Å². The molecule has 20 heavy (non-hydrogen) atoms. The Balaban J connectivity index is 1.62. The lowest BCUT2D eigenvalue weighted by Crippen LogP contribution is -2.41. The average molecular weight is 298 g/mol. The minimum absolute atomic E-state index is 0.255. The molecule has 0 amide bonds. The summed E-state index contributed by atoms with van der Waals surface area (Å²) < 4.78 is 5.55. The van der Waals surface area contributed by atoms with E-state index in [0.29, 0.717) is 24.0 Å². The fourth-order valence-corrected chi connectivity index (χ4v) is 2.86. The number of hydrogen-bond donors (Lipinski definition) is 1. The minimum Gasteiger partial charge on any atom is -0.378 e. The third kappa shape index (κ3) is 3.12. The molecule has 1 aromatic rings. The molecule has 2 fully saturated rings. The van der Waals surface area contributed by atoms with Crippen LogP contribution in [0.2, 0.25) is 5.28 Å². The van der Waals surface area contributed by atoms with Crippen LogP contribution < -0.4 is 10.2 Å². The Morgan fingerprint density at radius 3 is 2.70 bits per heavy atom. The number of hydrogen-bond acceptors (Lipinski definition) is 6. The monoisotopic (exact) mass is 297 g/mol. The van der Waals surface area contributed by atoms with Crippen LogP contribution in [0.3, 0.4) is 0 Å². The third-order valence-electron chi connectivity index (χ3n) is 3.82. The van der Waals surface area contributed by atoms with Gasteiger partial charge >= 0.3 is 0 Å². The van der Waals surface area contributed by atoms with E-state index in [1.807, 2.05) is 6.92 Å². The Morgan fingerprint density at radius 1 is 1.25 bits per heavy atom. The molecule has 7 heteroatoms. The third-order valence-corrected chi connectivity index (χ3v) is 3.98. The smallest absolute Gasteiger partial charge is 0.231 e. The first-order valence-electron chi connectivity index (χ1n) is 7.29. The van der Waals surface area contributed by atoms with Crippen LogP contribution in [0, 0.1) is 0 Å². The molecule has 6 nitrogen and oxygen atoms in total. The lowest BCUT2D eigenvalue weighted by molar-refractivity contribution is 0.00285. The minimum atomic E-state index is 0.255. The molecular formula is C13H20ClN5O. The number of halogens is 1. The SMILES string of the molecule is CCOC1CC(Nc2nc(Cl)nc(N3CCCC3)n2)C1. The molecule has 0 aromatic carbocycles. The molecule has 1 aliphatic carbocycles. The van der Waals surface area contributed by atoms with Crippen molar-refractivity contribution in [1.29, 1.82) is 0 Å². The van der Waals surface area contributed by atoms with Gasteiger partial charge in [-0.1, -0.05) is 0 Å². The molecule has 0 spiro atoms. The van der Waals surface area contributed by atoms with Gasteiger partial charge in [0, 0.05) is 25.7 Å². The normalized spacial score (nSPS) is 25.6. The molecule has 0 radical (unpaired) electrons. The van der Waals surface area contributed by atoms with Crippen molar-refractivity contribution in [1.82, 2.24) is 15.0 Å². The Bertz CT molecular complexity index is 460. The first kappa shape index (κ1) is 13.8. The Hall–Kier alpha value is -1.14. The molecule has 2 heterocycles. The summed E-state index contributed by atoms with van der Waals surface area (Å²) in [5.74, 6) is 1.26. The van der Waals surface area contributed by atoms with Crippen LogP contribution in [0.5, 0.6) is 0 Å².